The summed E-state index contributed by atoms with van der Waals surface area (Å²) in [6.07, 6.45) is 2.49. The summed E-state index contributed by atoms with van der Waals surface area (Å²) < 4.78 is 7.05. The lowest BCUT2D eigenvalue weighted by Gasteiger charge is -2.29. The first-order valence-electron chi connectivity index (χ1n) is 8.11. The van der Waals surface area contributed by atoms with E-state index in [1.807, 2.05) is 45.0 Å². The molecule has 0 saturated carbocycles. The summed E-state index contributed by atoms with van der Waals surface area (Å²) in [6.45, 7) is 6.71. The molecule has 0 spiro atoms. The molecule has 0 unspecified atom stereocenters. The van der Waals surface area contributed by atoms with Crippen LogP contribution in [0.15, 0.2) is 29.1 Å². The second-order valence-corrected chi connectivity index (χ2v) is 7.10. The number of aryl methyl sites for hydroxylation is 1. The molecule has 1 amide bonds. The largest absolute Gasteiger partial charge is 0.444 e. The van der Waals surface area contributed by atoms with Crippen LogP contribution in [0.5, 0.6) is 0 Å². The quantitative estimate of drug-likeness (QED) is 0.875. The van der Waals surface area contributed by atoms with Gasteiger partial charge in [-0.1, -0.05) is 18.2 Å². The van der Waals surface area contributed by atoms with Crippen LogP contribution in [0.25, 0.3) is 16.6 Å². The number of nitrogens with zero attached hydrogens (tertiary/aromatic N) is 2. The smallest absolute Gasteiger partial charge is 0.410 e. The molecule has 0 aliphatic carbocycles. The Bertz CT molecular complexity index is 868. The highest BCUT2D eigenvalue weighted by Crippen LogP contribution is 2.28. The van der Waals surface area contributed by atoms with Crippen molar-refractivity contribution >= 4 is 22.7 Å². The Labute approximate surface area is 140 Å². The molecule has 6 nitrogen and oxygen atoms in total. The van der Waals surface area contributed by atoms with Crippen molar-refractivity contribution in [3.63, 3.8) is 0 Å². The minimum absolute atomic E-state index is 0.121. The number of aromatic amines is 1. The molecular weight excluding hydrogens is 306 g/mol. The second-order valence-electron chi connectivity index (χ2n) is 7.10. The lowest BCUT2D eigenvalue weighted by Crippen LogP contribution is -2.39. The molecule has 3 rings (SSSR count). The van der Waals surface area contributed by atoms with Gasteiger partial charge in [-0.05, 0) is 38.8 Å². The van der Waals surface area contributed by atoms with Crippen LogP contribution in [0, 0.1) is 0 Å². The predicted molar refractivity (Wildman–Crippen MR) is 93.9 cm³/mol. The Morgan fingerprint density at radius 1 is 1.29 bits per heavy atom. The number of amides is 1. The lowest BCUT2D eigenvalue weighted by molar-refractivity contribution is 0.0270. The van der Waals surface area contributed by atoms with E-state index >= 15 is 0 Å². The first-order chi connectivity index (χ1) is 11.3. The van der Waals surface area contributed by atoms with Gasteiger partial charge in [0.15, 0.2) is 0 Å². The number of ether oxygens (including phenoxy) is 1. The fourth-order valence-corrected chi connectivity index (χ4v) is 2.97. The number of carbonyl (C=O) groups excluding carboxylic acids is 1. The van der Waals surface area contributed by atoms with Crippen molar-refractivity contribution in [1.29, 1.82) is 0 Å². The molecule has 1 aliphatic heterocycles. The minimum atomic E-state index is -0.490. The third kappa shape index (κ3) is 3.09. The molecule has 2 heterocycles. The van der Waals surface area contributed by atoms with Crippen molar-refractivity contribution in [3.8, 4) is 0 Å². The zero-order valence-electron chi connectivity index (χ0n) is 14.5. The number of fused-ring (bicyclic) bond motifs is 1. The van der Waals surface area contributed by atoms with Crippen LogP contribution in [-0.4, -0.2) is 39.2 Å². The number of carbonyl (C=O) groups is 1. The molecule has 2 aromatic rings. The van der Waals surface area contributed by atoms with E-state index in [1.165, 1.54) is 0 Å². The van der Waals surface area contributed by atoms with E-state index in [4.69, 9.17) is 4.74 Å². The summed E-state index contributed by atoms with van der Waals surface area (Å²) in [4.78, 5) is 28.6. The average molecular weight is 329 g/mol. The van der Waals surface area contributed by atoms with Gasteiger partial charge in [-0.15, -0.1) is 0 Å². The SMILES string of the molecule is Cn1c(=O)[nH]c2cccc(C3=CCN(C(=O)OC(C)(C)C)CC3)c21. The number of para-hydroxylation sites is 1. The highest BCUT2D eigenvalue weighted by Gasteiger charge is 2.24. The van der Waals surface area contributed by atoms with E-state index in [0.717, 1.165) is 28.6 Å². The number of imidazole rings is 1. The highest BCUT2D eigenvalue weighted by atomic mass is 16.6. The monoisotopic (exact) mass is 329 g/mol. The predicted octanol–water partition coefficient (Wildman–Crippen LogP) is 2.89. The zero-order valence-corrected chi connectivity index (χ0v) is 14.5. The fraction of sp³-hybridized carbons (Fsp3) is 0.444. The van der Waals surface area contributed by atoms with E-state index in [0.29, 0.717) is 13.1 Å². The summed E-state index contributed by atoms with van der Waals surface area (Å²) in [6, 6.07) is 5.86. The first-order valence-corrected chi connectivity index (χ1v) is 8.11. The van der Waals surface area contributed by atoms with Crippen LogP contribution in [0.4, 0.5) is 4.79 Å². The highest BCUT2D eigenvalue weighted by molar-refractivity contribution is 5.90. The van der Waals surface area contributed by atoms with E-state index in [9.17, 15) is 9.59 Å². The Balaban J connectivity index is 1.86. The van der Waals surface area contributed by atoms with Crippen LogP contribution in [0.2, 0.25) is 0 Å². The molecule has 1 aromatic heterocycles. The average Bonchev–Trinajstić information content (AvgIpc) is 2.81. The molecule has 1 aromatic carbocycles. The number of hydrogen-bond acceptors (Lipinski definition) is 3. The zero-order chi connectivity index (χ0) is 17.5. The maximum absolute atomic E-state index is 12.2. The Morgan fingerprint density at radius 2 is 2.04 bits per heavy atom. The Morgan fingerprint density at radius 3 is 2.67 bits per heavy atom. The number of rotatable bonds is 1. The normalized spacial score (nSPS) is 15.5. The van der Waals surface area contributed by atoms with Crippen molar-refractivity contribution in [2.75, 3.05) is 13.1 Å². The van der Waals surface area contributed by atoms with Crippen LogP contribution in [-0.2, 0) is 11.8 Å². The molecule has 0 saturated heterocycles. The maximum Gasteiger partial charge on any atom is 0.410 e. The summed E-state index contributed by atoms with van der Waals surface area (Å²) in [5.41, 5.74) is 3.31. The summed E-state index contributed by atoms with van der Waals surface area (Å²) in [7, 11) is 1.76. The van der Waals surface area contributed by atoms with E-state index in [2.05, 4.69) is 4.98 Å². The molecule has 128 valence electrons. The van der Waals surface area contributed by atoms with Crippen molar-refractivity contribution < 1.29 is 9.53 Å². The van der Waals surface area contributed by atoms with Gasteiger partial charge in [0, 0.05) is 25.7 Å². The van der Waals surface area contributed by atoms with Crippen molar-refractivity contribution in [2.24, 2.45) is 7.05 Å². The van der Waals surface area contributed by atoms with E-state index in [-0.39, 0.29) is 11.8 Å². The molecule has 1 N–H and O–H groups in total. The number of benzene rings is 1. The van der Waals surface area contributed by atoms with Gasteiger partial charge in [-0.3, -0.25) is 4.57 Å². The Hall–Kier alpha value is -2.50. The van der Waals surface area contributed by atoms with Gasteiger partial charge in [-0.2, -0.15) is 0 Å². The van der Waals surface area contributed by atoms with Crippen molar-refractivity contribution in [2.45, 2.75) is 32.8 Å². The summed E-state index contributed by atoms with van der Waals surface area (Å²) in [5.74, 6) is 0. The van der Waals surface area contributed by atoms with Crippen LogP contribution < -0.4 is 5.69 Å². The standard InChI is InChI=1S/C18H23N3O3/c1-18(2,3)24-17(23)21-10-8-12(9-11-21)13-6-5-7-14-15(13)20(4)16(22)19-14/h5-8H,9-11H2,1-4H3,(H,19,22). The van der Waals surface area contributed by atoms with Crippen LogP contribution >= 0.6 is 0 Å². The van der Waals surface area contributed by atoms with E-state index in [1.54, 1.807) is 16.5 Å². The third-order valence-corrected chi connectivity index (χ3v) is 4.12. The van der Waals surface area contributed by atoms with Crippen LogP contribution in [0.3, 0.4) is 0 Å². The molecule has 0 atom stereocenters. The van der Waals surface area contributed by atoms with Gasteiger partial charge in [-0.25, -0.2) is 9.59 Å². The lowest BCUT2D eigenvalue weighted by atomic mass is 9.98. The van der Waals surface area contributed by atoms with Gasteiger partial charge in [0.1, 0.15) is 5.60 Å². The van der Waals surface area contributed by atoms with Gasteiger partial charge in [0.25, 0.3) is 0 Å². The van der Waals surface area contributed by atoms with Crippen molar-refractivity contribution in [3.05, 3.63) is 40.3 Å². The molecule has 0 radical (unpaired) electrons. The molecule has 1 aliphatic rings. The number of H-pyrrole nitrogens is 1. The van der Waals surface area contributed by atoms with Crippen molar-refractivity contribution in [1.82, 2.24) is 14.5 Å². The first kappa shape index (κ1) is 16.4. The Kier molecular flexibility index (Phi) is 3.99. The summed E-state index contributed by atoms with van der Waals surface area (Å²) >= 11 is 0. The van der Waals surface area contributed by atoms with Crippen LogP contribution in [0.1, 0.15) is 32.8 Å². The van der Waals surface area contributed by atoms with Gasteiger partial charge in [0.2, 0.25) is 0 Å². The second kappa shape index (κ2) is 5.85. The number of nitrogens with one attached hydrogen (secondary N) is 1. The fourth-order valence-electron chi connectivity index (χ4n) is 2.97. The molecule has 6 heteroatoms. The molecular formula is C18H23N3O3. The van der Waals surface area contributed by atoms with E-state index < -0.39 is 5.60 Å². The number of hydrogen-bond donors (Lipinski definition) is 1. The summed E-state index contributed by atoms with van der Waals surface area (Å²) in [5, 5.41) is 0. The number of aromatic nitrogens is 2. The maximum atomic E-state index is 12.2. The molecule has 0 fully saturated rings. The van der Waals surface area contributed by atoms with Gasteiger partial charge in [0.05, 0.1) is 11.0 Å². The molecule has 0 bridgehead atoms. The molecule has 24 heavy (non-hydrogen) atoms. The van der Waals surface area contributed by atoms with Gasteiger partial charge < -0.3 is 14.6 Å². The third-order valence-electron chi connectivity index (χ3n) is 4.12. The van der Waals surface area contributed by atoms with Gasteiger partial charge >= 0.3 is 11.8 Å². The topological polar surface area (TPSA) is 67.3 Å². The minimum Gasteiger partial charge on any atom is -0.444 e.